The van der Waals surface area contributed by atoms with Crippen LogP contribution in [0.15, 0.2) is 78.9 Å². The Hall–Kier alpha value is -3.40. The Morgan fingerprint density at radius 1 is 0.618 bits per heavy atom. The van der Waals surface area contributed by atoms with Crippen molar-refractivity contribution < 1.29 is 19.1 Å². The Kier molecular flexibility index (Phi) is 12.2. The Morgan fingerprint density at radius 2 is 1.12 bits per heavy atom. The van der Waals surface area contributed by atoms with Crippen molar-refractivity contribution in [1.29, 1.82) is 0 Å². The number of carbonyl (C=O) groups is 2. The fourth-order valence-electron chi connectivity index (χ4n) is 3.20. The summed E-state index contributed by atoms with van der Waals surface area (Å²) < 4.78 is 10.5. The Morgan fingerprint density at radius 3 is 1.65 bits per heavy atom. The van der Waals surface area contributed by atoms with E-state index in [2.05, 4.69) is 6.92 Å². The fraction of sp³-hybridized carbons (Fsp3) is 0.333. The standard InChI is InChI=1S/C15H14O2.C15H22O2/c1-12-7-9-14(10-8-12)17-15(16)11-13-5-3-2-4-6-13;1-3-4-5-6-7-8-15(16)17-14-11-9-13(2)10-12-14/h2-10H,11H2,1H3;9-12H,3-8H2,1-2H3. The van der Waals surface area contributed by atoms with E-state index in [1.54, 1.807) is 12.1 Å². The van der Waals surface area contributed by atoms with Crippen molar-refractivity contribution >= 4 is 11.9 Å². The van der Waals surface area contributed by atoms with Gasteiger partial charge in [-0.1, -0.05) is 98.3 Å². The topological polar surface area (TPSA) is 52.6 Å². The van der Waals surface area contributed by atoms with Gasteiger partial charge in [0.1, 0.15) is 11.5 Å². The second kappa shape index (κ2) is 15.4. The monoisotopic (exact) mass is 460 g/mol. The number of aryl methyl sites for hydroxylation is 2. The van der Waals surface area contributed by atoms with Crippen LogP contribution in [0.2, 0.25) is 0 Å². The van der Waals surface area contributed by atoms with E-state index < -0.39 is 0 Å². The van der Waals surface area contributed by atoms with E-state index in [9.17, 15) is 9.59 Å². The molecule has 0 atom stereocenters. The van der Waals surface area contributed by atoms with Crippen molar-refractivity contribution in [2.75, 3.05) is 0 Å². The lowest BCUT2D eigenvalue weighted by Crippen LogP contribution is -2.11. The van der Waals surface area contributed by atoms with Gasteiger partial charge in [-0.2, -0.15) is 0 Å². The van der Waals surface area contributed by atoms with Crippen LogP contribution in [-0.4, -0.2) is 11.9 Å². The van der Waals surface area contributed by atoms with Crippen LogP contribution in [0.4, 0.5) is 0 Å². The molecule has 0 fully saturated rings. The first-order valence-electron chi connectivity index (χ1n) is 12.0. The molecule has 0 radical (unpaired) electrons. The largest absolute Gasteiger partial charge is 0.427 e. The van der Waals surface area contributed by atoms with Gasteiger partial charge in [0.2, 0.25) is 0 Å². The van der Waals surface area contributed by atoms with Crippen LogP contribution >= 0.6 is 0 Å². The van der Waals surface area contributed by atoms with Crippen LogP contribution in [0, 0.1) is 13.8 Å². The number of hydrogen-bond acceptors (Lipinski definition) is 4. The lowest BCUT2D eigenvalue weighted by molar-refractivity contribution is -0.135. The van der Waals surface area contributed by atoms with Crippen LogP contribution in [0.1, 0.15) is 62.1 Å². The maximum atomic E-state index is 11.6. The van der Waals surface area contributed by atoms with E-state index in [-0.39, 0.29) is 11.9 Å². The number of benzene rings is 3. The van der Waals surface area contributed by atoms with E-state index in [0.717, 1.165) is 24.0 Å². The van der Waals surface area contributed by atoms with Gasteiger partial charge in [-0.15, -0.1) is 0 Å². The Labute approximate surface area is 203 Å². The summed E-state index contributed by atoms with van der Waals surface area (Å²) in [6.45, 7) is 6.19. The van der Waals surface area contributed by atoms with Crippen LogP contribution in [0.5, 0.6) is 11.5 Å². The molecule has 180 valence electrons. The predicted molar refractivity (Wildman–Crippen MR) is 137 cm³/mol. The molecular formula is C30H36O4. The first-order valence-corrected chi connectivity index (χ1v) is 12.0. The quantitative estimate of drug-likeness (QED) is 0.180. The second-order valence-corrected chi connectivity index (χ2v) is 8.40. The van der Waals surface area contributed by atoms with Gasteiger partial charge < -0.3 is 9.47 Å². The molecule has 4 nitrogen and oxygen atoms in total. The zero-order valence-corrected chi connectivity index (χ0v) is 20.6. The molecule has 0 saturated carbocycles. The third-order valence-corrected chi connectivity index (χ3v) is 5.18. The molecule has 34 heavy (non-hydrogen) atoms. The number of hydrogen-bond donors (Lipinski definition) is 0. The molecule has 0 unspecified atom stereocenters. The van der Waals surface area contributed by atoms with Crippen LogP contribution < -0.4 is 9.47 Å². The summed E-state index contributed by atoms with van der Waals surface area (Å²) in [5.74, 6) is 0.885. The van der Waals surface area contributed by atoms with Crippen molar-refractivity contribution in [3.05, 3.63) is 95.6 Å². The zero-order valence-electron chi connectivity index (χ0n) is 20.6. The molecule has 0 heterocycles. The fourth-order valence-corrected chi connectivity index (χ4v) is 3.20. The second-order valence-electron chi connectivity index (χ2n) is 8.40. The summed E-state index contributed by atoms with van der Waals surface area (Å²) in [4.78, 5) is 23.2. The lowest BCUT2D eigenvalue weighted by Gasteiger charge is -2.04. The lowest BCUT2D eigenvalue weighted by atomic mass is 10.1. The average molecular weight is 461 g/mol. The van der Waals surface area contributed by atoms with E-state index in [0.29, 0.717) is 24.3 Å². The predicted octanol–water partition coefficient (Wildman–Crippen LogP) is 7.40. The van der Waals surface area contributed by atoms with E-state index in [1.165, 1.54) is 24.8 Å². The van der Waals surface area contributed by atoms with Crippen molar-refractivity contribution in [3.63, 3.8) is 0 Å². The van der Waals surface area contributed by atoms with Crippen molar-refractivity contribution in [3.8, 4) is 11.5 Å². The van der Waals surface area contributed by atoms with E-state index in [4.69, 9.17) is 9.47 Å². The molecular weight excluding hydrogens is 424 g/mol. The number of unbranched alkanes of at least 4 members (excludes halogenated alkanes) is 4. The molecule has 4 heteroatoms. The van der Waals surface area contributed by atoms with Crippen molar-refractivity contribution in [1.82, 2.24) is 0 Å². The van der Waals surface area contributed by atoms with Gasteiger partial charge in [-0.05, 0) is 50.1 Å². The Balaban J connectivity index is 0.000000240. The van der Waals surface area contributed by atoms with Crippen molar-refractivity contribution in [2.24, 2.45) is 0 Å². The zero-order chi connectivity index (χ0) is 24.6. The van der Waals surface area contributed by atoms with Crippen LogP contribution in [0.3, 0.4) is 0 Å². The van der Waals surface area contributed by atoms with Crippen molar-refractivity contribution in [2.45, 2.75) is 65.7 Å². The summed E-state index contributed by atoms with van der Waals surface area (Å²) in [5, 5.41) is 0. The van der Waals surface area contributed by atoms with Crippen LogP contribution in [-0.2, 0) is 16.0 Å². The maximum Gasteiger partial charge on any atom is 0.315 e. The third kappa shape index (κ3) is 11.5. The molecule has 0 bridgehead atoms. The third-order valence-electron chi connectivity index (χ3n) is 5.18. The molecule has 0 N–H and O–H groups in total. The minimum Gasteiger partial charge on any atom is -0.427 e. The summed E-state index contributed by atoms with van der Waals surface area (Å²) in [5.41, 5.74) is 3.28. The van der Waals surface area contributed by atoms with Gasteiger partial charge in [0.05, 0.1) is 6.42 Å². The number of ether oxygens (including phenoxy) is 2. The minimum atomic E-state index is -0.236. The van der Waals surface area contributed by atoms with Gasteiger partial charge in [-0.3, -0.25) is 9.59 Å². The molecule has 3 aromatic rings. The minimum absolute atomic E-state index is 0.120. The highest BCUT2D eigenvalue weighted by Gasteiger charge is 2.06. The molecule has 3 aromatic carbocycles. The van der Waals surface area contributed by atoms with Gasteiger partial charge in [0, 0.05) is 6.42 Å². The highest BCUT2D eigenvalue weighted by molar-refractivity contribution is 5.75. The molecule has 0 aliphatic heterocycles. The number of esters is 2. The van der Waals surface area contributed by atoms with Gasteiger partial charge in [0.15, 0.2) is 0 Å². The summed E-state index contributed by atoms with van der Waals surface area (Å²) in [7, 11) is 0. The highest BCUT2D eigenvalue weighted by Crippen LogP contribution is 2.14. The van der Waals surface area contributed by atoms with Crippen LogP contribution in [0.25, 0.3) is 0 Å². The summed E-state index contributed by atoms with van der Waals surface area (Å²) in [6.07, 6.45) is 6.59. The van der Waals surface area contributed by atoms with Gasteiger partial charge in [-0.25, -0.2) is 0 Å². The van der Waals surface area contributed by atoms with E-state index in [1.807, 2.05) is 80.6 Å². The molecule has 0 aliphatic rings. The number of rotatable bonds is 10. The van der Waals surface area contributed by atoms with Gasteiger partial charge >= 0.3 is 11.9 Å². The molecule has 0 saturated heterocycles. The van der Waals surface area contributed by atoms with E-state index >= 15 is 0 Å². The number of carbonyl (C=O) groups excluding carboxylic acids is 2. The summed E-state index contributed by atoms with van der Waals surface area (Å²) >= 11 is 0. The normalized spacial score (nSPS) is 10.1. The molecule has 3 rings (SSSR count). The Bertz CT molecular complexity index is 977. The average Bonchev–Trinajstić information content (AvgIpc) is 2.83. The molecule has 0 amide bonds. The maximum absolute atomic E-state index is 11.6. The molecule has 0 aromatic heterocycles. The summed E-state index contributed by atoms with van der Waals surface area (Å²) in [6, 6.07) is 24.6. The molecule has 0 spiro atoms. The first kappa shape index (κ1) is 26.8. The smallest absolute Gasteiger partial charge is 0.315 e. The first-order chi connectivity index (χ1) is 16.5. The SMILES string of the molecule is CCCCCCCC(=O)Oc1ccc(C)cc1.Cc1ccc(OC(=O)Cc2ccccc2)cc1. The highest BCUT2D eigenvalue weighted by atomic mass is 16.5. The molecule has 0 aliphatic carbocycles. The van der Waals surface area contributed by atoms with Gasteiger partial charge in [0.25, 0.3) is 0 Å².